The summed E-state index contributed by atoms with van der Waals surface area (Å²) < 4.78 is 10.6. The molecule has 1 saturated carbocycles. The molecule has 1 aromatic carbocycles. The van der Waals surface area contributed by atoms with Gasteiger partial charge in [0.05, 0.1) is 4.92 Å². The van der Waals surface area contributed by atoms with Gasteiger partial charge in [0.25, 0.3) is 0 Å². The summed E-state index contributed by atoms with van der Waals surface area (Å²) in [6.45, 7) is 0.299. The van der Waals surface area contributed by atoms with E-state index in [1.54, 1.807) is 12.1 Å². The van der Waals surface area contributed by atoms with Crippen LogP contribution >= 0.6 is 0 Å². The zero-order valence-electron chi connectivity index (χ0n) is 11.2. The normalized spacial score (nSPS) is 14.1. The molecule has 0 unspecified atom stereocenters. The van der Waals surface area contributed by atoms with Gasteiger partial charge in [0.15, 0.2) is 12.4 Å². The van der Waals surface area contributed by atoms with Gasteiger partial charge >= 0.3 is 5.69 Å². The summed E-state index contributed by atoms with van der Waals surface area (Å²) in [5.74, 6) is 1.50. The fourth-order valence-electron chi connectivity index (χ4n) is 1.92. The third kappa shape index (κ3) is 3.00. The Kier molecular flexibility index (Phi) is 3.53. The predicted octanol–water partition coefficient (Wildman–Crippen LogP) is 1.89. The molecule has 3 rings (SSSR count). The molecule has 0 atom stereocenters. The summed E-state index contributed by atoms with van der Waals surface area (Å²) in [5, 5.41) is 14.8. The zero-order chi connectivity index (χ0) is 14.8. The number of benzene rings is 1. The third-order valence-electron chi connectivity index (χ3n) is 3.22. The van der Waals surface area contributed by atoms with Crippen molar-refractivity contribution in [3.05, 3.63) is 45.6 Å². The van der Waals surface area contributed by atoms with E-state index >= 15 is 0 Å². The van der Waals surface area contributed by atoms with Crippen LogP contribution in [-0.4, -0.2) is 15.1 Å². The second-order valence-electron chi connectivity index (χ2n) is 4.88. The van der Waals surface area contributed by atoms with Crippen LogP contribution in [0, 0.1) is 10.1 Å². The van der Waals surface area contributed by atoms with Crippen LogP contribution in [0.25, 0.3) is 0 Å². The molecular weight excluding hydrogens is 276 g/mol. The lowest BCUT2D eigenvalue weighted by Crippen LogP contribution is -2.03. The molecule has 110 valence electrons. The molecule has 1 heterocycles. The van der Waals surface area contributed by atoms with Gasteiger partial charge in [0.1, 0.15) is 0 Å². The highest BCUT2D eigenvalue weighted by atomic mass is 16.6. The first kappa shape index (κ1) is 13.5. The molecule has 0 aliphatic heterocycles. The SMILES string of the molecule is NCc1ccc([N+](=O)[O-])c(OCc2noc(C3CC3)n2)c1. The summed E-state index contributed by atoms with van der Waals surface area (Å²) in [6, 6.07) is 4.54. The second kappa shape index (κ2) is 5.49. The number of hydrogen-bond donors (Lipinski definition) is 1. The van der Waals surface area contributed by atoms with E-state index in [9.17, 15) is 10.1 Å². The maximum absolute atomic E-state index is 11.0. The Morgan fingerprint density at radius 1 is 1.48 bits per heavy atom. The van der Waals surface area contributed by atoms with E-state index in [2.05, 4.69) is 10.1 Å². The Balaban J connectivity index is 1.74. The van der Waals surface area contributed by atoms with E-state index in [1.807, 2.05) is 0 Å². The molecule has 1 aromatic heterocycles. The minimum atomic E-state index is -0.499. The van der Waals surface area contributed by atoms with Crippen molar-refractivity contribution in [3.63, 3.8) is 0 Å². The topological polar surface area (TPSA) is 117 Å². The lowest BCUT2D eigenvalue weighted by Gasteiger charge is -2.06. The Bertz CT molecular complexity index is 666. The van der Waals surface area contributed by atoms with Crippen molar-refractivity contribution in [3.8, 4) is 5.75 Å². The second-order valence-corrected chi connectivity index (χ2v) is 4.88. The van der Waals surface area contributed by atoms with Crippen LogP contribution in [0.15, 0.2) is 22.7 Å². The van der Waals surface area contributed by atoms with Crippen LogP contribution in [-0.2, 0) is 13.2 Å². The first-order chi connectivity index (χ1) is 10.2. The van der Waals surface area contributed by atoms with E-state index in [-0.39, 0.29) is 24.6 Å². The molecule has 8 nitrogen and oxygen atoms in total. The molecule has 0 radical (unpaired) electrons. The van der Waals surface area contributed by atoms with Gasteiger partial charge in [0.2, 0.25) is 11.7 Å². The Morgan fingerprint density at radius 3 is 2.95 bits per heavy atom. The van der Waals surface area contributed by atoms with Crippen molar-refractivity contribution in [2.24, 2.45) is 5.73 Å². The predicted molar refractivity (Wildman–Crippen MR) is 71.6 cm³/mol. The Hall–Kier alpha value is -2.48. The number of aromatic nitrogens is 2. The van der Waals surface area contributed by atoms with Crippen LogP contribution in [0.4, 0.5) is 5.69 Å². The highest BCUT2D eigenvalue weighted by Gasteiger charge is 2.29. The quantitative estimate of drug-likeness (QED) is 0.637. The molecule has 0 amide bonds. The molecule has 0 spiro atoms. The van der Waals surface area contributed by atoms with Gasteiger partial charge in [-0.25, -0.2) is 0 Å². The van der Waals surface area contributed by atoms with Crippen molar-refractivity contribution in [2.75, 3.05) is 0 Å². The largest absolute Gasteiger partial charge is 0.478 e. The van der Waals surface area contributed by atoms with Crippen molar-refractivity contribution in [1.82, 2.24) is 10.1 Å². The lowest BCUT2D eigenvalue weighted by molar-refractivity contribution is -0.386. The zero-order valence-corrected chi connectivity index (χ0v) is 11.2. The number of nitro benzene ring substituents is 1. The molecular formula is C13H14N4O4. The van der Waals surface area contributed by atoms with Crippen molar-refractivity contribution < 1.29 is 14.2 Å². The van der Waals surface area contributed by atoms with Gasteiger partial charge in [-0.1, -0.05) is 11.2 Å². The van der Waals surface area contributed by atoms with Crippen molar-refractivity contribution >= 4 is 5.69 Å². The Labute approximate surface area is 120 Å². The number of rotatable bonds is 6. The van der Waals surface area contributed by atoms with Crippen molar-refractivity contribution in [1.29, 1.82) is 0 Å². The summed E-state index contributed by atoms with van der Waals surface area (Å²) in [4.78, 5) is 14.7. The monoisotopic (exact) mass is 290 g/mol. The number of nitro groups is 1. The summed E-state index contributed by atoms with van der Waals surface area (Å²) in [7, 11) is 0. The van der Waals surface area contributed by atoms with Crippen LogP contribution in [0.3, 0.4) is 0 Å². The minimum Gasteiger partial charge on any atom is -0.478 e. The number of nitrogens with two attached hydrogens (primary N) is 1. The van der Waals surface area contributed by atoms with Crippen LogP contribution in [0.5, 0.6) is 5.75 Å². The molecule has 2 aromatic rings. The Morgan fingerprint density at radius 2 is 2.29 bits per heavy atom. The average Bonchev–Trinajstić information content (AvgIpc) is 3.23. The molecule has 1 aliphatic rings. The van der Waals surface area contributed by atoms with E-state index < -0.39 is 4.92 Å². The van der Waals surface area contributed by atoms with Gasteiger partial charge in [-0.05, 0) is 24.5 Å². The number of hydrogen-bond acceptors (Lipinski definition) is 7. The van der Waals surface area contributed by atoms with Gasteiger partial charge < -0.3 is 15.0 Å². The van der Waals surface area contributed by atoms with Gasteiger partial charge in [0, 0.05) is 18.5 Å². The summed E-state index contributed by atoms with van der Waals surface area (Å²) in [6.07, 6.45) is 2.12. The van der Waals surface area contributed by atoms with Gasteiger partial charge in [-0.3, -0.25) is 10.1 Å². The average molecular weight is 290 g/mol. The smallest absolute Gasteiger partial charge is 0.310 e. The highest BCUT2D eigenvalue weighted by molar-refractivity contribution is 5.48. The summed E-state index contributed by atoms with van der Waals surface area (Å²) in [5.41, 5.74) is 6.17. The molecule has 0 saturated heterocycles. The molecule has 0 bridgehead atoms. The third-order valence-corrected chi connectivity index (χ3v) is 3.22. The lowest BCUT2D eigenvalue weighted by atomic mass is 10.2. The van der Waals surface area contributed by atoms with E-state index in [0.717, 1.165) is 18.4 Å². The molecule has 21 heavy (non-hydrogen) atoms. The fourth-order valence-corrected chi connectivity index (χ4v) is 1.92. The fraction of sp³-hybridized carbons (Fsp3) is 0.385. The van der Waals surface area contributed by atoms with Crippen LogP contribution in [0.1, 0.15) is 36.0 Å². The van der Waals surface area contributed by atoms with E-state index in [1.165, 1.54) is 6.07 Å². The molecule has 8 heteroatoms. The maximum Gasteiger partial charge on any atom is 0.310 e. The van der Waals surface area contributed by atoms with Crippen LogP contribution in [0.2, 0.25) is 0 Å². The van der Waals surface area contributed by atoms with E-state index in [0.29, 0.717) is 17.6 Å². The maximum atomic E-state index is 11.0. The minimum absolute atomic E-state index is 0.0189. The van der Waals surface area contributed by atoms with Gasteiger partial charge in [-0.15, -0.1) is 0 Å². The number of ether oxygens (including phenoxy) is 1. The molecule has 1 fully saturated rings. The highest BCUT2D eigenvalue weighted by Crippen LogP contribution is 2.38. The first-order valence-corrected chi connectivity index (χ1v) is 6.60. The standard InChI is InChI=1S/C13H14N4O4/c14-6-8-1-4-10(17(18)19)11(5-8)20-7-12-15-13(21-16-12)9-2-3-9/h1,4-5,9H,2-3,6-7,14H2. The van der Waals surface area contributed by atoms with Gasteiger partial charge in [-0.2, -0.15) is 4.98 Å². The molecule has 1 aliphatic carbocycles. The van der Waals surface area contributed by atoms with E-state index in [4.69, 9.17) is 15.0 Å². The first-order valence-electron chi connectivity index (χ1n) is 6.60. The van der Waals surface area contributed by atoms with Crippen LogP contribution < -0.4 is 10.5 Å². The summed E-state index contributed by atoms with van der Waals surface area (Å²) >= 11 is 0. The molecule has 2 N–H and O–H groups in total. The number of nitrogens with zero attached hydrogens (tertiary/aromatic N) is 3. The van der Waals surface area contributed by atoms with Crippen molar-refractivity contribution in [2.45, 2.75) is 31.9 Å².